The van der Waals surface area contributed by atoms with Gasteiger partial charge in [0.05, 0.1) is 57.8 Å². The number of methoxy groups -OCH3 is 1. The van der Waals surface area contributed by atoms with Crippen molar-refractivity contribution in [3.05, 3.63) is 133 Å². The molecule has 7 aromatic rings. The summed E-state index contributed by atoms with van der Waals surface area (Å²) in [7, 11) is -8.43. The van der Waals surface area contributed by atoms with Gasteiger partial charge in [-0.3, -0.25) is 46.4 Å². The molecule has 0 bridgehead atoms. The first-order chi connectivity index (χ1) is 35.7. The number of pyridine rings is 1. The minimum atomic E-state index is -5.15. The average molecular weight is 1060 g/mol. The summed E-state index contributed by atoms with van der Waals surface area (Å²) >= 11 is 0. The van der Waals surface area contributed by atoms with Gasteiger partial charge in [-0.2, -0.15) is 5.26 Å². The molecule has 0 radical (unpaired) electrons. The Morgan fingerprint density at radius 3 is 1.99 bits per heavy atom. The van der Waals surface area contributed by atoms with Crippen molar-refractivity contribution in [1.29, 1.82) is 5.26 Å². The summed E-state index contributed by atoms with van der Waals surface area (Å²) in [6.07, 6.45) is -8.87. The Morgan fingerprint density at radius 2 is 1.41 bits per heavy atom. The van der Waals surface area contributed by atoms with Crippen LogP contribution < -0.4 is 15.4 Å². The number of nitrogens with one attached hydrogen (secondary N) is 2. The monoisotopic (exact) mass is 1060 g/mol. The van der Waals surface area contributed by atoms with Gasteiger partial charge in [0.1, 0.15) is 42.8 Å². The van der Waals surface area contributed by atoms with Crippen LogP contribution in [-0.2, 0) is 43.3 Å². The molecule has 29 heteroatoms. The first-order valence-corrected chi connectivity index (χ1v) is 25.3. The normalized spacial score (nSPS) is 23.4. The van der Waals surface area contributed by atoms with E-state index in [0.717, 1.165) is 40.5 Å². The van der Waals surface area contributed by atoms with E-state index in [1.54, 1.807) is 72.8 Å². The second-order valence-electron chi connectivity index (χ2n) is 16.1. The van der Waals surface area contributed by atoms with Gasteiger partial charge >= 0.3 is 15.4 Å². The number of hydrogen-bond acceptors (Lipinski definition) is 20. The molecule has 2 aromatic carbocycles. The van der Waals surface area contributed by atoms with Gasteiger partial charge in [-0.25, -0.2) is 43.2 Å². The Hall–Kier alpha value is -7.34. The molecule has 5 aromatic heterocycles. The maximum Gasteiger partial charge on any atom is 0.475 e. The van der Waals surface area contributed by atoms with Crippen molar-refractivity contribution in [3.63, 3.8) is 0 Å². The number of phosphoric acid groups is 1. The number of ether oxygens (including phenoxy) is 3. The molecule has 7 heterocycles. The number of rotatable bonds is 20. The van der Waals surface area contributed by atoms with Gasteiger partial charge in [0.2, 0.25) is 0 Å². The maximum absolute atomic E-state index is 17.2. The molecule has 2 aliphatic rings. The van der Waals surface area contributed by atoms with Gasteiger partial charge in [-0.1, -0.05) is 36.4 Å². The van der Waals surface area contributed by atoms with Crippen molar-refractivity contribution in [2.75, 3.05) is 31.0 Å². The molecule has 2 unspecified atom stereocenters. The van der Waals surface area contributed by atoms with Crippen LogP contribution in [-0.4, -0.2) is 123 Å². The Bertz CT molecular complexity index is 3320. The lowest BCUT2D eigenvalue weighted by Crippen LogP contribution is -2.33. The number of aromatic nitrogens is 9. The summed E-state index contributed by atoms with van der Waals surface area (Å²) in [5, 5.41) is 25.7. The number of benzene rings is 2. The van der Waals surface area contributed by atoms with E-state index in [4.69, 9.17) is 32.3 Å². The maximum atomic E-state index is 17.2. The predicted molar refractivity (Wildman–Crippen MR) is 252 cm³/mol. The zero-order valence-corrected chi connectivity index (χ0v) is 40.2. The van der Waals surface area contributed by atoms with Crippen LogP contribution >= 0.6 is 15.4 Å². The van der Waals surface area contributed by atoms with Gasteiger partial charge in [-0.15, -0.1) is 0 Å². The molecule has 10 atom stereocenters. The van der Waals surface area contributed by atoms with Crippen molar-refractivity contribution in [3.8, 4) is 11.8 Å². The van der Waals surface area contributed by atoms with Crippen LogP contribution in [0.3, 0.4) is 0 Å². The number of nitriles is 1. The molecule has 2 amide bonds. The van der Waals surface area contributed by atoms with Crippen LogP contribution in [0, 0.1) is 11.3 Å². The Labute approximate surface area is 417 Å². The molecule has 2 saturated heterocycles. The third-order valence-electron chi connectivity index (χ3n) is 11.3. The van der Waals surface area contributed by atoms with Crippen LogP contribution in [0.4, 0.5) is 20.4 Å². The summed E-state index contributed by atoms with van der Waals surface area (Å²) in [4.78, 5) is 66.1. The number of imidazole rings is 2. The van der Waals surface area contributed by atoms with Crippen LogP contribution in [0.1, 0.15) is 45.3 Å². The fraction of sp³-hybridized carbons (Fsp3) is 0.289. The van der Waals surface area contributed by atoms with Crippen LogP contribution in [0.15, 0.2) is 116 Å². The molecule has 384 valence electrons. The van der Waals surface area contributed by atoms with Crippen molar-refractivity contribution in [1.82, 2.24) is 44.0 Å². The van der Waals surface area contributed by atoms with Gasteiger partial charge in [0.25, 0.3) is 11.8 Å². The number of nitrogens with zero attached hydrogens (tertiary/aromatic N) is 10. The number of alkyl halides is 2. The van der Waals surface area contributed by atoms with Crippen molar-refractivity contribution < 1.29 is 69.8 Å². The summed E-state index contributed by atoms with van der Waals surface area (Å²) < 4.78 is 103. The van der Waals surface area contributed by atoms with Crippen molar-refractivity contribution in [2.45, 2.75) is 62.2 Å². The van der Waals surface area contributed by atoms with Crippen LogP contribution in [0.25, 0.3) is 22.3 Å². The minimum Gasteiger partial charge on any atom is -0.497 e. The highest BCUT2D eigenvalue weighted by Crippen LogP contribution is 2.55. The van der Waals surface area contributed by atoms with E-state index >= 15 is 8.78 Å². The van der Waals surface area contributed by atoms with E-state index < -0.39 is 96.3 Å². The largest absolute Gasteiger partial charge is 0.497 e. The average Bonchev–Trinajstić information content (AvgIpc) is 4.19. The van der Waals surface area contributed by atoms with Gasteiger partial charge in [0.15, 0.2) is 58.8 Å². The lowest BCUT2D eigenvalue weighted by molar-refractivity contribution is -0.0519. The van der Waals surface area contributed by atoms with Gasteiger partial charge < -0.3 is 34.8 Å². The number of carbonyl (C=O) groups is 2. The number of phosphoric ester groups is 1. The molecule has 2 fully saturated rings. The zero-order chi connectivity index (χ0) is 52.0. The lowest BCUT2D eigenvalue weighted by atomic mass is 10.1. The fourth-order valence-electron chi connectivity index (χ4n) is 7.68. The highest BCUT2D eigenvalue weighted by molar-refractivity contribution is 7.56. The highest BCUT2D eigenvalue weighted by atomic mass is 31.2. The minimum absolute atomic E-state index is 0.00239. The van der Waals surface area contributed by atoms with Crippen molar-refractivity contribution >= 4 is 61.2 Å². The number of fused-ring (bicyclic) bond motifs is 2. The predicted octanol–water partition coefficient (Wildman–Crippen LogP) is 5.76. The van der Waals surface area contributed by atoms with E-state index in [0.29, 0.717) is 22.7 Å². The highest BCUT2D eigenvalue weighted by Gasteiger charge is 2.52. The second-order valence-corrected chi connectivity index (χ2v) is 19.4. The molecular weight excluding hydrogens is 1020 g/mol. The Balaban J connectivity index is 0.963. The van der Waals surface area contributed by atoms with E-state index in [2.05, 4.69) is 45.5 Å². The standard InChI is InChI=1S/C45H42F2N12O13P2/c1-66-29-13-16-49-28(19-29)20-68-73(63,64)18-14-30-37(33(47)45(70-30)59-25-55-35-39(51-23-53-41(35)59)57-43(62)27-11-6-3-7-12-27)72-74(65,67-17-8-15-48)69-21-31-36(60)32(46)44(71-31)58-24-54-34-38(50-22-52-40(34)58)56-42(61)26-9-4-2-5-10-26/h2-7,9-14,16,18-19,22-25,30-33,36-37,44-45,60H,8,17,20-21H2,1H3,(H,63,64)(H,50,52,56,61)(H,51,53,57,62)/b18-14+/t30-,31-,32-,33-,36-,37-,44-,45-,74?/m1/s1. The number of aliphatic hydroxyl groups excluding tert-OH is 1. The van der Waals surface area contributed by atoms with E-state index in [1.165, 1.54) is 19.4 Å². The van der Waals surface area contributed by atoms with Gasteiger partial charge in [0, 0.05) is 29.2 Å². The van der Waals surface area contributed by atoms with Gasteiger partial charge in [-0.05, 0) is 36.4 Å². The van der Waals surface area contributed by atoms with Crippen LogP contribution in [0.2, 0.25) is 0 Å². The lowest BCUT2D eigenvalue weighted by Gasteiger charge is -2.25. The number of hydrogen-bond donors (Lipinski definition) is 4. The molecule has 2 aliphatic heterocycles. The quantitative estimate of drug-likeness (QED) is 0.0520. The first-order valence-electron chi connectivity index (χ1n) is 22.2. The van der Waals surface area contributed by atoms with Crippen LogP contribution in [0.5, 0.6) is 5.75 Å². The Morgan fingerprint density at radius 1 is 0.811 bits per heavy atom. The summed E-state index contributed by atoms with van der Waals surface area (Å²) in [6.45, 7) is -1.99. The number of halogens is 2. The molecule has 4 N–H and O–H groups in total. The summed E-state index contributed by atoms with van der Waals surface area (Å²) in [5.74, 6) is -0.0202. The summed E-state index contributed by atoms with van der Waals surface area (Å²) in [5.41, 5.74) is 0.846. The smallest absolute Gasteiger partial charge is 0.475 e. The van der Waals surface area contributed by atoms with E-state index in [9.17, 15) is 34.0 Å². The van der Waals surface area contributed by atoms with E-state index in [1.807, 2.05) is 0 Å². The number of carbonyl (C=O) groups excluding carboxylic acids is 2. The molecule has 0 spiro atoms. The third kappa shape index (κ3) is 11.4. The summed E-state index contributed by atoms with van der Waals surface area (Å²) in [6, 6.07) is 21.3. The fourth-order valence-corrected chi connectivity index (χ4v) is 9.85. The molecule has 0 saturated carbocycles. The Kier molecular flexibility index (Phi) is 15.6. The first kappa shape index (κ1) is 51.6. The zero-order valence-electron chi connectivity index (χ0n) is 38.4. The topological polar surface area (TPSA) is 321 Å². The number of aliphatic hydroxyl groups is 1. The van der Waals surface area contributed by atoms with E-state index in [-0.39, 0.29) is 46.1 Å². The number of amides is 2. The molecule has 25 nitrogen and oxygen atoms in total. The number of anilines is 2. The SMILES string of the molecule is COc1ccnc(COP(=O)(O)/C=C/[C@H]2O[C@@H](n3cnc4c(NC(=O)c5ccccc5)ncnc43)[C@H](F)[C@@H]2OP(=O)(OCCC#N)OC[C@H]2O[C@@H](n3cnc4c(NC(=O)c5ccccc5)ncnc43)[C@H](F)[C@@H]2O)c1. The second kappa shape index (κ2) is 22.4. The molecule has 9 rings (SSSR count). The molecule has 0 aliphatic carbocycles. The van der Waals surface area contributed by atoms with Crippen molar-refractivity contribution in [2.24, 2.45) is 0 Å². The third-order valence-corrected chi connectivity index (χ3v) is 13.8. The molecular formula is C45H42F2N12O13P2. The molecule has 74 heavy (non-hydrogen) atoms.